The molecule has 0 unspecified atom stereocenters. The first-order valence-electron chi connectivity index (χ1n) is 9.65. The molecule has 1 aliphatic carbocycles. The highest BCUT2D eigenvalue weighted by Crippen LogP contribution is 2.37. The minimum absolute atomic E-state index is 0.0982. The minimum Gasteiger partial charge on any atom is -0.459 e. The number of H-pyrrole nitrogens is 1. The number of alkyl halides is 1. The summed E-state index contributed by atoms with van der Waals surface area (Å²) in [5.74, 6) is -0.406. The number of carbonyl (C=O) groups is 1. The number of carbonyl (C=O) groups excluding carboxylic acids is 1. The molecule has 3 rings (SSSR count). The molecule has 160 valence electrons. The monoisotopic (exact) mass is 426 g/mol. The van der Waals surface area contributed by atoms with Crippen LogP contribution in [0.3, 0.4) is 0 Å². The van der Waals surface area contributed by atoms with Crippen LogP contribution in [-0.2, 0) is 14.8 Å². The Balaban J connectivity index is 1.80. The van der Waals surface area contributed by atoms with Gasteiger partial charge in [0.25, 0.3) is 0 Å². The summed E-state index contributed by atoms with van der Waals surface area (Å²) >= 11 is 0. The number of aromatic amines is 1. The molecule has 29 heavy (non-hydrogen) atoms. The lowest BCUT2D eigenvalue weighted by Gasteiger charge is -2.39. The van der Waals surface area contributed by atoms with E-state index in [0.29, 0.717) is 11.3 Å². The smallest absolute Gasteiger partial charge is 0.341 e. The van der Waals surface area contributed by atoms with E-state index in [1.807, 2.05) is 6.07 Å². The molecule has 0 radical (unpaired) electrons. The van der Waals surface area contributed by atoms with Crippen molar-refractivity contribution in [2.24, 2.45) is 5.92 Å². The van der Waals surface area contributed by atoms with Gasteiger partial charge in [0.05, 0.1) is 11.4 Å². The number of aromatic nitrogens is 2. The molecule has 1 fully saturated rings. The van der Waals surface area contributed by atoms with E-state index in [1.165, 1.54) is 13.2 Å². The van der Waals surface area contributed by atoms with Crippen molar-refractivity contribution in [3.8, 4) is 0 Å². The molecule has 2 aromatic heterocycles. The standard InChI is InChI=1S/C19H27FN4O4S/c1-19(6-3-13(4-7-19)12-29(26,27)21-2)24-16-14-5-9-22-17(14)23-11-15(16)18(25)28-10-8-20/h5,9,11,13,21H,3-4,6-8,10,12H2,1-2H3,(H2,22,23,24). The number of rotatable bonds is 8. The zero-order valence-corrected chi connectivity index (χ0v) is 17.4. The second-order valence-corrected chi connectivity index (χ2v) is 9.70. The van der Waals surface area contributed by atoms with Crippen LogP contribution in [-0.4, -0.2) is 56.0 Å². The third-order valence-corrected chi connectivity index (χ3v) is 7.05. The van der Waals surface area contributed by atoms with Crippen LogP contribution in [0.25, 0.3) is 11.0 Å². The normalized spacial score (nSPS) is 22.5. The Morgan fingerprint density at radius 3 is 2.79 bits per heavy atom. The van der Waals surface area contributed by atoms with Crippen LogP contribution >= 0.6 is 0 Å². The van der Waals surface area contributed by atoms with Crippen molar-refractivity contribution in [2.45, 2.75) is 38.1 Å². The summed E-state index contributed by atoms with van der Waals surface area (Å²) in [5.41, 5.74) is 1.17. The molecule has 0 aliphatic heterocycles. The van der Waals surface area contributed by atoms with E-state index in [1.54, 1.807) is 6.20 Å². The Morgan fingerprint density at radius 2 is 2.14 bits per heavy atom. The maximum atomic E-state index is 12.4. The van der Waals surface area contributed by atoms with Crippen LogP contribution in [0, 0.1) is 5.92 Å². The first kappa shape index (κ1) is 21.5. The lowest BCUT2D eigenvalue weighted by molar-refractivity contribution is 0.0482. The predicted molar refractivity (Wildman–Crippen MR) is 109 cm³/mol. The fourth-order valence-corrected chi connectivity index (χ4v) is 4.93. The Hall–Kier alpha value is -2.20. The number of hydrogen-bond acceptors (Lipinski definition) is 6. The van der Waals surface area contributed by atoms with Crippen molar-refractivity contribution in [3.63, 3.8) is 0 Å². The number of anilines is 1. The molecule has 0 aromatic carbocycles. The van der Waals surface area contributed by atoms with E-state index < -0.39 is 22.7 Å². The number of esters is 1. The van der Waals surface area contributed by atoms with E-state index >= 15 is 0 Å². The number of fused-ring (bicyclic) bond motifs is 1. The van der Waals surface area contributed by atoms with Crippen LogP contribution in [0.5, 0.6) is 0 Å². The SMILES string of the molecule is CNS(=O)(=O)CC1CCC(C)(Nc2c(C(=O)OCCF)cnc3[nH]ccc23)CC1. The predicted octanol–water partition coefficient (Wildman–Crippen LogP) is 2.60. The van der Waals surface area contributed by atoms with E-state index in [9.17, 15) is 17.6 Å². The number of hydrogen-bond donors (Lipinski definition) is 3. The second-order valence-electron chi connectivity index (χ2n) is 7.73. The lowest BCUT2D eigenvalue weighted by atomic mass is 9.78. The molecule has 2 aromatic rings. The molecule has 0 saturated heterocycles. The quantitative estimate of drug-likeness (QED) is 0.559. The molecule has 2 heterocycles. The summed E-state index contributed by atoms with van der Waals surface area (Å²) in [7, 11) is -1.81. The Morgan fingerprint density at radius 1 is 1.41 bits per heavy atom. The Kier molecular flexibility index (Phi) is 6.42. The maximum absolute atomic E-state index is 12.4. The van der Waals surface area contributed by atoms with E-state index in [4.69, 9.17) is 4.74 Å². The van der Waals surface area contributed by atoms with E-state index in [0.717, 1.165) is 31.1 Å². The van der Waals surface area contributed by atoms with Crippen molar-refractivity contribution >= 4 is 32.7 Å². The van der Waals surface area contributed by atoms with Gasteiger partial charge in [0.15, 0.2) is 0 Å². The van der Waals surface area contributed by atoms with Gasteiger partial charge in [-0.05, 0) is 51.6 Å². The zero-order valence-electron chi connectivity index (χ0n) is 16.6. The van der Waals surface area contributed by atoms with Crippen LogP contribution < -0.4 is 10.0 Å². The average Bonchev–Trinajstić information content (AvgIpc) is 3.17. The highest BCUT2D eigenvalue weighted by Gasteiger charge is 2.34. The molecule has 0 bridgehead atoms. The third-order valence-electron chi connectivity index (χ3n) is 5.52. The summed E-state index contributed by atoms with van der Waals surface area (Å²) in [6, 6.07) is 1.82. The van der Waals surface area contributed by atoms with Gasteiger partial charge in [-0.25, -0.2) is 27.3 Å². The molecular weight excluding hydrogens is 399 g/mol. The number of halogens is 1. The van der Waals surface area contributed by atoms with Gasteiger partial charge < -0.3 is 15.0 Å². The summed E-state index contributed by atoms with van der Waals surface area (Å²) in [6.07, 6.45) is 6.19. The van der Waals surface area contributed by atoms with Crippen molar-refractivity contribution in [2.75, 3.05) is 31.4 Å². The van der Waals surface area contributed by atoms with Crippen LogP contribution in [0.2, 0.25) is 0 Å². The topological polar surface area (TPSA) is 113 Å². The van der Waals surface area contributed by atoms with Gasteiger partial charge in [-0.2, -0.15) is 0 Å². The Bertz CT molecular complexity index is 968. The van der Waals surface area contributed by atoms with Crippen molar-refractivity contribution < 1.29 is 22.3 Å². The van der Waals surface area contributed by atoms with Crippen molar-refractivity contribution in [1.82, 2.24) is 14.7 Å². The lowest BCUT2D eigenvalue weighted by Crippen LogP contribution is -2.41. The molecule has 3 N–H and O–H groups in total. The first-order chi connectivity index (χ1) is 13.8. The highest BCUT2D eigenvalue weighted by molar-refractivity contribution is 7.89. The fraction of sp³-hybridized carbons (Fsp3) is 0.579. The molecule has 8 nitrogen and oxygen atoms in total. The zero-order chi connectivity index (χ0) is 21.1. The van der Waals surface area contributed by atoms with Gasteiger partial charge in [-0.3, -0.25) is 0 Å². The molecule has 10 heteroatoms. The van der Waals surface area contributed by atoms with E-state index in [-0.39, 0.29) is 29.4 Å². The van der Waals surface area contributed by atoms with Crippen molar-refractivity contribution in [1.29, 1.82) is 0 Å². The summed E-state index contributed by atoms with van der Waals surface area (Å²) < 4.78 is 43.4. The number of nitrogens with one attached hydrogen (secondary N) is 3. The van der Waals surface area contributed by atoms with Crippen molar-refractivity contribution in [3.05, 3.63) is 24.0 Å². The molecule has 0 spiro atoms. The van der Waals surface area contributed by atoms with Gasteiger partial charge in [0.2, 0.25) is 10.0 Å². The van der Waals surface area contributed by atoms with Crippen LogP contribution in [0.4, 0.5) is 10.1 Å². The third kappa shape index (κ3) is 5.05. The van der Waals surface area contributed by atoms with Crippen LogP contribution in [0.1, 0.15) is 43.0 Å². The molecule has 0 amide bonds. The largest absolute Gasteiger partial charge is 0.459 e. The van der Waals surface area contributed by atoms with E-state index in [2.05, 4.69) is 26.9 Å². The van der Waals surface area contributed by atoms with Crippen LogP contribution in [0.15, 0.2) is 18.5 Å². The summed E-state index contributed by atoms with van der Waals surface area (Å²) in [4.78, 5) is 19.7. The summed E-state index contributed by atoms with van der Waals surface area (Å²) in [5, 5.41) is 4.24. The average molecular weight is 427 g/mol. The van der Waals surface area contributed by atoms with Gasteiger partial charge in [0, 0.05) is 23.3 Å². The maximum Gasteiger partial charge on any atom is 0.341 e. The molecular formula is C19H27FN4O4S. The number of ether oxygens (including phenoxy) is 1. The summed E-state index contributed by atoms with van der Waals surface area (Å²) in [6.45, 7) is 1.01. The minimum atomic E-state index is -3.24. The number of pyridine rings is 1. The molecule has 1 saturated carbocycles. The van der Waals surface area contributed by atoms with Gasteiger partial charge in [0.1, 0.15) is 24.5 Å². The van der Waals surface area contributed by atoms with Gasteiger partial charge in [-0.1, -0.05) is 0 Å². The Labute approximate surface area is 169 Å². The number of sulfonamides is 1. The molecule has 1 aliphatic rings. The highest BCUT2D eigenvalue weighted by atomic mass is 32.2. The molecule has 0 atom stereocenters. The second kappa shape index (κ2) is 8.66. The van der Waals surface area contributed by atoms with Gasteiger partial charge in [-0.15, -0.1) is 0 Å². The van der Waals surface area contributed by atoms with Gasteiger partial charge >= 0.3 is 5.97 Å². The fourth-order valence-electron chi connectivity index (χ4n) is 3.81. The number of nitrogens with zero attached hydrogens (tertiary/aromatic N) is 1. The first-order valence-corrected chi connectivity index (χ1v) is 11.3.